The first kappa shape index (κ1) is 16.2. The van der Waals surface area contributed by atoms with Crippen molar-refractivity contribution in [2.75, 3.05) is 25.9 Å². The predicted octanol–water partition coefficient (Wildman–Crippen LogP) is 2.61. The molecule has 1 atom stereocenters. The maximum atomic E-state index is 12.3. The van der Waals surface area contributed by atoms with Crippen molar-refractivity contribution in [3.8, 4) is 0 Å². The quantitative estimate of drug-likeness (QED) is 0.853. The highest BCUT2D eigenvalue weighted by atomic mass is 35.5. The molecule has 2 heterocycles. The summed E-state index contributed by atoms with van der Waals surface area (Å²) in [5, 5.41) is 4.10. The normalized spacial score (nSPS) is 25.2. The molecule has 122 valence electrons. The number of nitrogens with one attached hydrogen (secondary N) is 1. The third kappa shape index (κ3) is 2.58. The average molecular weight is 343 g/mol. The smallest absolute Gasteiger partial charge is 0.211 e. The van der Waals surface area contributed by atoms with E-state index in [1.165, 1.54) is 11.8 Å². The minimum Gasteiger partial charge on any atom is -0.317 e. The highest BCUT2D eigenvalue weighted by molar-refractivity contribution is 7.88. The number of rotatable bonds is 1. The Hall–Kier alpha value is -0.620. The number of sulfonamides is 1. The molecule has 2 aliphatic heterocycles. The Balaban J connectivity index is 2.21. The van der Waals surface area contributed by atoms with E-state index in [4.69, 9.17) is 11.6 Å². The molecule has 0 bridgehead atoms. The Kier molecular flexibility index (Phi) is 4.05. The number of halogens is 1. The SMILES string of the molecule is Cc1cc2c(cc1Cl)[C@H](C)N(S(C)(=O)=O)CC21CCNCC1. The van der Waals surface area contributed by atoms with Gasteiger partial charge >= 0.3 is 0 Å². The monoisotopic (exact) mass is 342 g/mol. The molecule has 0 unspecified atom stereocenters. The Labute approximate surface area is 137 Å². The summed E-state index contributed by atoms with van der Waals surface area (Å²) in [6.07, 6.45) is 3.22. The molecule has 1 N–H and O–H groups in total. The van der Waals surface area contributed by atoms with Crippen LogP contribution in [0.5, 0.6) is 0 Å². The van der Waals surface area contributed by atoms with E-state index in [0.717, 1.165) is 37.1 Å². The third-order valence-electron chi connectivity index (χ3n) is 5.23. The number of hydrogen-bond acceptors (Lipinski definition) is 3. The van der Waals surface area contributed by atoms with Gasteiger partial charge in [-0.05, 0) is 62.5 Å². The first-order valence-electron chi connectivity index (χ1n) is 7.73. The fourth-order valence-corrected chi connectivity index (χ4v) is 5.26. The molecule has 0 saturated carbocycles. The second-order valence-electron chi connectivity index (χ2n) is 6.70. The molecule has 0 aromatic heterocycles. The summed E-state index contributed by atoms with van der Waals surface area (Å²) in [5.41, 5.74) is 3.33. The molecular formula is C16H23ClN2O2S. The minimum atomic E-state index is -3.25. The van der Waals surface area contributed by atoms with Crippen LogP contribution in [0.15, 0.2) is 12.1 Å². The first-order valence-corrected chi connectivity index (χ1v) is 9.95. The van der Waals surface area contributed by atoms with Crippen molar-refractivity contribution >= 4 is 21.6 Å². The van der Waals surface area contributed by atoms with E-state index in [0.29, 0.717) is 11.6 Å². The van der Waals surface area contributed by atoms with Gasteiger partial charge in [0.2, 0.25) is 10.0 Å². The molecule has 0 amide bonds. The molecule has 0 aliphatic carbocycles. The van der Waals surface area contributed by atoms with Crippen molar-refractivity contribution in [3.63, 3.8) is 0 Å². The summed E-state index contributed by atoms with van der Waals surface area (Å²) >= 11 is 6.32. The van der Waals surface area contributed by atoms with Crippen LogP contribution in [0, 0.1) is 6.92 Å². The lowest BCUT2D eigenvalue weighted by Crippen LogP contribution is -2.53. The first-order chi connectivity index (χ1) is 10.2. The second-order valence-corrected chi connectivity index (χ2v) is 9.05. The molecule has 2 aliphatic rings. The summed E-state index contributed by atoms with van der Waals surface area (Å²) in [7, 11) is -3.25. The van der Waals surface area contributed by atoms with Crippen LogP contribution in [-0.4, -0.2) is 38.6 Å². The van der Waals surface area contributed by atoms with Crippen LogP contribution in [0.25, 0.3) is 0 Å². The highest BCUT2D eigenvalue weighted by Crippen LogP contribution is 2.46. The van der Waals surface area contributed by atoms with Crippen molar-refractivity contribution in [1.29, 1.82) is 0 Å². The number of hydrogen-bond donors (Lipinski definition) is 1. The number of nitrogens with zero attached hydrogens (tertiary/aromatic N) is 1. The van der Waals surface area contributed by atoms with Gasteiger partial charge in [0.25, 0.3) is 0 Å². The van der Waals surface area contributed by atoms with Crippen LogP contribution >= 0.6 is 11.6 Å². The van der Waals surface area contributed by atoms with Crippen molar-refractivity contribution in [2.24, 2.45) is 0 Å². The van der Waals surface area contributed by atoms with Crippen molar-refractivity contribution in [2.45, 2.75) is 38.1 Å². The van der Waals surface area contributed by atoms with Crippen molar-refractivity contribution in [3.05, 3.63) is 33.8 Å². The summed E-state index contributed by atoms with van der Waals surface area (Å²) in [6.45, 7) is 6.40. The number of piperidine rings is 1. The second kappa shape index (κ2) is 5.48. The van der Waals surface area contributed by atoms with E-state index in [-0.39, 0.29) is 11.5 Å². The Bertz CT molecular complexity index is 696. The summed E-state index contributed by atoms with van der Waals surface area (Å²) in [4.78, 5) is 0. The molecule has 22 heavy (non-hydrogen) atoms. The van der Waals surface area contributed by atoms with Crippen LogP contribution in [-0.2, 0) is 15.4 Å². The zero-order valence-corrected chi connectivity index (χ0v) is 14.9. The molecule has 6 heteroatoms. The zero-order chi connectivity index (χ0) is 16.1. The fraction of sp³-hybridized carbons (Fsp3) is 0.625. The van der Waals surface area contributed by atoms with Gasteiger partial charge in [0.05, 0.1) is 6.26 Å². The molecule has 1 aromatic carbocycles. The fourth-order valence-electron chi connectivity index (χ4n) is 3.91. The summed E-state index contributed by atoms with van der Waals surface area (Å²) in [5.74, 6) is 0. The third-order valence-corrected chi connectivity index (χ3v) is 6.93. The van der Waals surface area contributed by atoms with Crippen LogP contribution in [0.3, 0.4) is 0 Å². The van der Waals surface area contributed by atoms with E-state index in [9.17, 15) is 8.42 Å². The van der Waals surface area contributed by atoms with Crippen molar-refractivity contribution in [1.82, 2.24) is 9.62 Å². The van der Waals surface area contributed by atoms with Gasteiger partial charge < -0.3 is 5.32 Å². The van der Waals surface area contributed by atoms with Crippen LogP contribution in [0.4, 0.5) is 0 Å². The highest BCUT2D eigenvalue weighted by Gasteiger charge is 2.45. The van der Waals surface area contributed by atoms with Crippen LogP contribution < -0.4 is 5.32 Å². The molecule has 1 spiro atoms. The van der Waals surface area contributed by atoms with Crippen LogP contribution in [0.2, 0.25) is 5.02 Å². The number of aryl methyl sites for hydroxylation is 1. The van der Waals surface area contributed by atoms with Crippen LogP contribution in [0.1, 0.15) is 42.5 Å². The van der Waals surface area contributed by atoms with Gasteiger partial charge in [-0.1, -0.05) is 17.7 Å². The predicted molar refractivity (Wildman–Crippen MR) is 89.9 cm³/mol. The largest absolute Gasteiger partial charge is 0.317 e. The lowest BCUT2D eigenvalue weighted by atomic mass is 9.68. The minimum absolute atomic E-state index is 0.0917. The number of benzene rings is 1. The van der Waals surface area contributed by atoms with Gasteiger partial charge in [-0.25, -0.2) is 8.42 Å². The van der Waals surface area contributed by atoms with E-state index in [1.807, 2.05) is 19.9 Å². The van der Waals surface area contributed by atoms with Gasteiger partial charge in [0, 0.05) is 23.0 Å². The summed E-state index contributed by atoms with van der Waals surface area (Å²) < 4.78 is 26.2. The molecule has 1 saturated heterocycles. The van der Waals surface area contributed by atoms with Crippen molar-refractivity contribution < 1.29 is 8.42 Å². The Morgan fingerprint density at radius 1 is 1.32 bits per heavy atom. The molecular weight excluding hydrogens is 320 g/mol. The standard InChI is InChI=1S/C16H23ClN2O2S/c1-11-8-14-13(9-15(11)17)12(2)19(22(3,20)21)10-16(14)4-6-18-7-5-16/h8-9,12,18H,4-7,10H2,1-3H3/t12-/m0/s1. The maximum Gasteiger partial charge on any atom is 0.211 e. The molecule has 3 rings (SSSR count). The van der Waals surface area contributed by atoms with Gasteiger partial charge in [0.15, 0.2) is 0 Å². The molecule has 1 aromatic rings. The summed E-state index contributed by atoms with van der Waals surface area (Å²) in [6, 6.07) is 3.99. The topological polar surface area (TPSA) is 49.4 Å². The lowest BCUT2D eigenvalue weighted by molar-refractivity contribution is 0.189. The Morgan fingerprint density at radius 3 is 2.55 bits per heavy atom. The van der Waals surface area contributed by atoms with Gasteiger partial charge in [-0.3, -0.25) is 0 Å². The van der Waals surface area contributed by atoms with E-state index < -0.39 is 10.0 Å². The van der Waals surface area contributed by atoms with Gasteiger partial charge in [0.1, 0.15) is 0 Å². The van der Waals surface area contributed by atoms with E-state index in [2.05, 4.69) is 11.4 Å². The lowest BCUT2D eigenvalue weighted by Gasteiger charge is -2.48. The number of fused-ring (bicyclic) bond motifs is 2. The van der Waals surface area contributed by atoms with E-state index in [1.54, 1.807) is 4.31 Å². The molecule has 0 radical (unpaired) electrons. The van der Waals surface area contributed by atoms with Gasteiger partial charge in [-0.2, -0.15) is 4.31 Å². The average Bonchev–Trinajstić information content (AvgIpc) is 2.45. The zero-order valence-electron chi connectivity index (χ0n) is 13.3. The molecule has 1 fully saturated rings. The van der Waals surface area contributed by atoms with Gasteiger partial charge in [-0.15, -0.1) is 0 Å². The Morgan fingerprint density at radius 2 is 1.95 bits per heavy atom. The molecule has 4 nitrogen and oxygen atoms in total. The maximum absolute atomic E-state index is 12.3. The van der Waals surface area contributed by atoms with E-state index >= 15 is 0 Å².